The Balaban J connectivity index is 0.00000625. The fourth-order valence-electron chi connectivity index (χ4n) is 2.13. The SMILES string of the molecule is CCCCCCCCCCOS(=O)(=O)OS(=O)(=O)Oc1ccccc1.[NaH]. The van der Waals surface area contributed by atoms with E-state index in [4.69, 9.17) is 0 Å². The molecular formula is C16H27NaO7S2. The van der Waals surface area contributed by atoms with Gasteiger partial charge < -0.3 is 4.18 Å². The van der Waals surface area contributed by atoms with Crippen LogP contribution in [0.2, 0.25) is 0 Å². The van der Waals surface area contributed by atoms with Crippen LogP contribution >= 0.6 is 0 Å². The van der Waals surface area contributed by atoms with Crippen LogP contribution in [0.5, 0.6) is 5.75 Å². The van der Waals surface area contributed by atoms with Crippen LogP contribution < -0.4 is 4.18 Å². The third-order valence-electron chi connectivity index (χ3n) is 3.33. The van der Waals surface area contributed by atoms with Gasteiger partial charge in [-0.25, -0.2) is 4.18 Å². The number of benzene rings is 1. The number of rotatable bonds is 14. The summed E-state index contributed by atoms with van der Waals surface area (Å²) in [6.07, 6.45) is 8.23. The van der Waals surface area contributed by atoms with Gasteiger partial charge in [-0.1, -0.05) is 73.7 Å². The van der Waals surface area contributed by atoms with Crippen LogP contribution in [0.25, 0.3) is 0 Å². The zero-order valence-electron chi connectivity index (χ0n) is 14.4. The summed E-state index contributed by atoms with van der Waals surface area (Å²) < 4.78 is 59.3. The van der Waals surface area contributed by atoms with Crippen molar-refractivity contribution in [3.8, 4) is 5.75 Å². The molecule has 0 atom stereocenters. The monoisotopic (exact) mass is 418 g/mol. The molecule has 26 heavy (non-hydrogen) atoms. The zero-order valence-corrected chi connectivity index (χ0v) is 16.1. The van der Waals surface area contributed by atoms with Crippen LogP contribution in [0.15, 0.2) is 30.3 Å². The van der Waals surface area contributed by atoms with E-state index in [-0.39, 0.29) is 41.9 Å². The van der Waals surface area contributed by atoms with Crippen molar-refractivity contribution in [3.63, 3.8) is 0 Å². The second-order valence-electron chi connectivity index (χ2n) is 5.58. The summed E-state index contributed by atoms with van der Waals surface area (Å²) >= 11 is 0. The van der Waals surface area contributed by atoms with Crippen LogP contribution in [0.3, 0.4) is 0 Å². The van der Waals surface area contributed by atoms with E-state index >= 15 is 0 Å². The van der Waals surface area contributed by atoms with Crippen molar-refractivity contribution in [1.82, 2.24) is 0 Å². The molecule has 0 fully saturated rings. The van der Waals surface area contributed by atoms with Crippen molar-refractivity contribution in [2.75, 3.05) is 6.61 Å². The minimum atomic E-state index is -4.77. The normalized spacial score (nSPS) is 11.7. The van der Waals surface area contributed by atoms with E-state index in [1.165, 1.54) is 49.9 Å². The third kappa shape index (κ3) is 13.1. The van der Waals surface area contributed by atoms with Gasteiger partial charge in [0.15, 0.2) is 0 Å². The first kappa shape index (κ1) is 25.8. The van der Waals surface area contributed by atoms with E-state index < -0.39 is 20.8 Å². The molecule has 0 unspecified atom stereocenters. The molecule has 0 aliphatic rings. The summed E-state index contributed by atoms with van der Waals surface area (Å²) in [7, 11) is -9.44. The van der Waals surface area contributed by atoms with Crippen LogP contribution in [-0.2, 0) is 28.6 Å². The molecule has 0 aromatic heterocycles. The molecule has 0 heterocycles. The summed E-state index contributed by atoms with van der Waals surface area (Å²) in [5, 5.41) is 0. The molecule has 1 aromatic carbocycles. The summed E-state index contributed by atoms with van der Waals surface area (Å²) in [5.41, 5.74) is 0. The van der Waals surface area contributed by atoms with E-state index in [1.807, 2.05) is 0 Å². The Morgan fingerprint density at radius 1 is 0.769 bits per heavy atom. The van der Waals surface area contributed by atoms with Crippen LogP contribution in [0.1, 0.15) is 58.3 Å². The summed E-state index contributed by atoms with van der Waals surface area (Å²) in [5.74, 6) is -0.0548. The second-order valence-corrected chi connectivity index (χ2v) is 8.16. The topological polar surface area (TPSA) is 96.0 Å². The van der Waals surface area contributed by atoms with Gasteiger partial charge in [-0.2, -0.15) is 16.8 Å². The van der Waals surface area contributed by atoms with E-state index in [0.29, 0.717) is 6.42 Å². The average molecular weight is 419 g/mol. The Morgan fingerprint density at radius 2 is 1.31 bits per heavy atom. The first-order chi connectivity index (χ1) is 11.8. The molecule has 1 rings (SSSR count). The van der Waals surface area contributed by atoms with Crippen LogP contribution in [0, 0.1) is 0 Å². The minimum absolute atomic E-state index is 0. The second kappa shape index (κ2) is 13.9. The molecule has 7 nitrogen and oxygen atoms in total. The fraction of sp³-hybridized carbons (Fsp3) is 0.625. The van der Waals surface area contributed by atoms with Gasteiger partial charge in [0.05, 0.1) is 6.61 Å². The summed E-state index contributed by atoms with van der Waals surface area (Å²) in [6, 6.07) is 7.45. The van der Waals surface area contributed by atoms with Gasteiger partial charge in [-0.15, -0.1) is 0 Å². The average Bonchev–Trinajstić information content (AvgIpc) is 2.52. The quantitative estimate of drug-likeness (QED) is 0.338. The van der Waals surface area contributed by atoms with Crippen molar-refractivity contribution >= 4 is 50.4 Å². The van der Waals surface area contributed by atoms with E-state index in [0.717, 1.165) is 19.3 Å². The molecule has 10 heteroatoms. The Hall–Kier alpha value is -0.160. The number of hydrogen-bond acceptors (Lipinski definition) is 7. The van der Waals surface area contributed by atoms with Crippen molar-refractivity contribution in [2.24, 2.45) is 0 Å². The third-order valence-corrected chi connectivity index (χ3v) is 5.52. The summed E-state index contributed by atoms with van der Waals surface area (Å²) in [4.78, 5) is 0. The summed E-state index contributed by atoms with van der Waals surface area (Å²) in [6.45, 7) is 2.03. The predicted molar refractivity (Wildman–Crippen MR) is 102 cm³/mol. The van der Waals surface area contributed by atoms with Crippen molar-refractivity contribution in [3.05, 3.63) is 30.3 Å². The first-order valence-corrected chi connectivity index (χ1v) is 11.1. The van der Waals surface area contributed by atoms with Crippen LogP contribution in [0.4, 0.5) is 0 Å². The van der Waals surface area contributed by atoms with Gasteiger partial charge in [-0.05, 0) is 18.6 Å². The Morgan fingerprint density at radius 3 is 1.88 bits per heavy atom. The molecule has 0 bridgehead atoms. The molecule has 0 aliphatic heterocycles. The Kier molecular flexibility index (Phi) is 13.8. The Labute approximate surface area is 179 Å². The van der Waals surface area contributed by atoms with E-state index in [9.17, 15) is 16.8 Å². The molecule has 0 amide bonds. The molecule has 0 spiro atoms. The van der Waals surface area contributed by atoms with E-state index in [1.54, 1.807) is 6.07 Å². The molecule has 0 aliphatic carbocycles. The maximum atomic E-state index is 11.6. The molecular weight excluding hydrogens is 391 g/mol. The number of unbranched alkanes of at least 4 members (excludes halogenated alkanes) is 7. The van der Waals surface area contributed by atoms with Crippen molar-refractivity contribution < 1.29 is 28.8 Å². The van der Waals surface area contributed by atoms with Crippen molar-refractivity contribution in [1.29, 1.82) is 0 Å². The van der Waals surface area contributed by atoms with Gasteiger partial charge in [-0.3, -0.25) is 0 Å². The maximum absolute atomic E-state index is 11.6. The molecule has 0 radical (unpaired) electrons. The standard InChI is InChI=1S/C16H26O7S2.Na.H/c1-2-3-4-5-6-7-8-12-15-21-24(17,18)23-25(19,20)22-16-13-10-9-11-14-16;;/h9-11,13-14H,2-8,12,15H2,1H3;;. The van der Waals surface area contributed by atoms with Gasteiger partial charge >= 0.3 is 50.4 Å². The van der Waals surface area contributed by atoms with Gasteiger partial charge in [0.1, 0.15) is 5.75 Å². The zero-order chi connectivity index (χ0) is 18.6. The number of para-hydroxylation sites is 1. The fourth-order valence-corrected chi connectivity index (χ4v) is 3.88. The molecule has 0 N–H and O–H groups in total. The van der Waals surface area contributed by atoms with Gasteiger partial charge in [0, 0.05) is 0 Å². The van der Waals surface area contributed by atoms with Gasteiger partial charge in [0.2, 0.25) is 0 Å². The van der Waals surface area contributed by atoms with E-state index in [2.05, 4.69) is 18.9 Å². The predicted octanol–water partition coefficient (Wildman–Crippen LogP) is 3.08. The van der Waals surface area contributed by atoms with Crippen molar-refractivity contribution in [2.45, 2.75) is 58.3 Å². The molecule has 0 saturated carbocycles. The number of hydrogen-bond donors (Lipinski definition) is 0. The first-order valence-electron chi connectivity index (χ1n) is 8.44. The van der Waals surface area contributed by atoms with Gasteiger partial charge in [0.25, 0.3) is 0 Å². The molecule has 1 aromatic rings. The van der Waals surface area contributed by atoms with Crippen LogP contribution in [-0.4, -0.2) is 53.0 Å². The Bertz CT molecular complexity index is 676. The molecule has 0 saturated heterocycles. The molecule has 146 valence electrons.